The molecule has 1 amide bonds. The summed E-state index contributed by atoms with van der Waals surface area (Å²) in [5.74, 6) is -0.667. The van der Waals surface area contributed by atoms with Gasteiger partial charge in [0.25, 0.3) is 5.91 Å². The zero-order valence-electron chi connectivity index (χ0n) is 17.9. The number of hydrogen-bond donors (Lipinski definition) is 1. The van der Waals surface area contributed by atoms with E-state index in [2.05, 4.69) is 9.88 Å². The van der Waals surface area contributed by atoms with Crippen LogP contribution in [0.4, 0.5) is 0 Å². The van der Waals surface area contributed by atoms with Gasteiger partial charge in [-0.05, 0) is 63.3 Å². The Hall–Kier alpha value is -2.25. The highest BCUT2D eigenvalue weighted by Crippen LogP contribution is 2.38. The van der Waals surface area contributed by atoms with E-state index in [1.54, 1.807) is 36.0 Å². The number of nitrogens with zero attached hydrogens (tertiary/aromatic N) is 1. The first-order valence-corrected chi connectivity index (χ1v) is 12.0. The summed E-state index contributed by atoms with van der Waals surface area (Å²) in [6, 6.07) is 8.10. The summed E-state index contributed by atoms with van der Waals surface area (Å²) >= 11 is 7.64. The van der Waals surface area contributed by atoms with E-state index in [4.69, 9.17) is 16.3 Å². The molecule has 1 unspecified atom stereocenters. The minimum Gasteiger partial charge on any atom is -0.456 e. The molecule has 1 fully saturated rings. The van der Waals surface area contributed by atoms with Crippen molar-refractivity contribution in [3.05, 3.63) is 57.9 Å². The maximum atomic E-state index is 12.7. The maximum absolute atomic E-state index is 12.7. The second kappa shape index (κ2) is 10.4. The van der Waals surface area contributed by atoms with Crippen molar-refractivity contribution in [2.75, 3.05) is 18.6 Å². The summed E-state index contributed by atoms with van der Waals surface area (Å²) < 4.78 is 7.49. The van der Waals surface area contributed by atoms with Gasteiger partial charge in [-0.15, -0.1) is 0 Å². The minimum absolute atomic E-state index is 0.241. The number of halogens is 1. The van der Waals surface area contributed by atoms with Crippen LogP contribution in [0, 0.1) is 13.8 Å². The molecule has 1 atom stereocenters. The third-order valence-corrected chi connectivity index (χ3v) is 6.33. The molecule has 6 nitrogen and oxygen atoms in total. The number of ether oxygens (including phenoxy) is 1. The molecule has 1 aromatic heterocycles. The van der Waals surface area contributed by atoms with Crippen molar-refractivity contribution in [1.82, 2.24) is 9.88 Å². The van der Waals surface area contributed by atoms with Crippen LogP contribution in [-0.4, -0.2) is 46.9 Å². The van der Waals surface area contributed by atoms with Crippen LogP contribution in [0.25, 0.3) is 0 Å². The Bertz CT molecular complexity index is 984. The summed E-state index contributed by atoms with van der Waals surface area (Å²) in [6.07, 6.45) is 4.56. The molecule has 31 heavy (non-hydrogen) atoms. The third kappa shape index (κ3) is 5.71. The molecule has 1 heterocycles. The first-order chi connectivity index (χ1) is 14.8. The standard InChI is InChI=1S/C23H27ClN2O4S/c1-14-12-18(15(2)26(14)16-8-9-16)21(27)13-30-23(29)20(10-11-31-3)25-22(28)17-6-4-5-7-19(17)24/h4-7,12,16,20H,8-11,13H2,1-3H3,(H,25,28). The fourth-order valence-electron chi connectivity index (χ4n) is 3.64. The lowest BCUT2D eigenvalue weighted by molar-refractivity contribution is -0.144. The van der Waals surface area contributed by atoms with Gasteiger partial charge in [-0.1, -0.05) is 23.7 Å². The van der Waals surface area contributed by atoms with Crippen LogP contribution in [0.15, 0.2) is 30.3 Å². The largest absolute Gasteiger partial charge is 0.456 e. The molecule has 1 saturated carbocycles. The molecule has 2 aromatic rings. The number of ketones is 1. The highest BCUT2D eigenvalue weighted by atomic mass is 35.5. The van der Waals surface area contributed by atoms with Crippen LogP contribution in [-0.2, 0) is 9.53 Å². The summed E-state index contributed by atoms with van der Waals surface area (Å²) in [7, 11) is 0. The second-order valence-corrected chi connectivity index (χ2v) is 9.10. The third-order valence-electron chi connectivity index (χ3n) is 5.36. The van der Waals surface area contributed by atoms with Gasteiger partial charge in [-0.2, -0.15) is 11.8 Å². The van der Waals surface area contributed by atoms with Crippen molar-refractivity contribution in [2.45, 2.75) is 45.2 Å². The number of benzene rings is 1. The van der Waals surface area contributed by atoms with Crippen molar-refractivity contribution >= 4 is 41.0 Å². The quantitative estimate of drug-likeness (QED) is 0.419. The van der Waals surface area contributed by atoms with Gasteiger partial charge >= 0.3 is 5.97 Å². The number of Topliss-reactive ketones (excluding diaryl/α,β-unsaturated/α-hetero) is 1. The Morgan fingerprint density at radius 2 is 1.94 bits per heavy atom. The summed E-state index contributed by atoms with van der Waals surface area (Å²) in [6.45, 7) is 3.55. The van der Waals surface area contributed by atoms with Gasteiger partial charge in [0.15, 0.2) is 6.61 Å². The number of aromatic nitrogens is 1. The zero-order valence-corrected chi connectivity index (χ0v) is 19.5. The van der Waals surface area contributed by atoms with Gasteiger partial charge in [0.05, 0.1) is 10.6 Å². The minimum atomic E-state index is -0.858. The van der Waals surface area contributed by atoms with Crippen molar-refractivity contribution in [3.8, 4) is 0 Å². The molecule has 0 saturated heterocycles. The van der Waals surface area contributed by atoms with Gasteiger partial charge < -0.3 is 14.6 Å². The monoisotopic (exact) mass is 462 g/mol. The van der Waals surface area contributed by atoms with E-state index in [-0.39, 0.29) is 18.0 Å². The Morgan fingerprint density at radius 3 is 2.58 bits per heavy atom. The summed E-state index contributed by atoms with van der Waals surface area (Å²) in [5.41, 5.74) is 2.82. The lowest BCUT2D eigenvalue weighted by atomic mass is 10.1. The summed E-state index contributed by atoms with van der Waals surface area (Å²) in [5, 5.41) is 3.00. The Balaban J connectivity index is 1.64. The maximum Gasteiger partial charge on any atom is 0.329 e. The molecule has 1 aliphatic carbocycles. The molecule has 1 aromatic carbocycles. The number of carbonyl (C=O) groups excluding carboxylic acids is 3. The number of esters is 1. The molecular weight excluding hydrogens is 436 g/mol. The van der Waals surface area contributed by atoms with E-state index in [1.165, 1.54) is 0 Å². The molecular formula is C23H27ClN2O4S. The van der Waals surface area contributed by atoms with Crippen LogP contribution in [0.3, 0.4) is 0 Å². The number of amides is 1. The molecule has 0 bridgehead atoms. The van der Waals surface area contributed by atoms with Crippen LogP contribution in [0.1, 0.15) is 57.4 Å². The highest BCUT2D eigenvalue weighted by Gasteiger charge is 2.29. The lowest BCUT2D eigenvalue weighted by Crippen LogP contribution is -2.42. The summed E-state index contributed by atoms with van der Waals surface area (Å²) in [4.78, 5) is 38.0. The highest BCUT2D eigenvalue weighted by molar-refractivity contribution is 7.98. The molecule has 0 aliphatic heterocycles. The second-order valence-electron chi connectivity index (χ2n) is 7.70. The number of carbonyl (C=O) groups is 3. The molecule has 1 aliphatic rings. The predicted molar refractivity (Wildman–Crippen MR) is 123 cm³/mol. The SMILES string of the molecule is CSCCC(NC(=O)c1ccccc1Cl)C(=O)OCC(=O)c1cc(C)n(C2CC2)c1C. The smallest absolute Gasteiger partial charge is 0.329 e. The van der Waals surface area contributed by atoms with Crippen LogP contribution in [0.5, 0.6) is 0 Å². The van der Waals surface area contributed by atoms with Crippen molar-refractivity contribution < 1.29 is 19.1 Å². The van der Waals surface area contributed by atoms with E-state index in [9.17, 15) is 14.4 Å². The molecule has 3 rings (SSSR count). The Morgan fingerprint density at radius 1 is 1.23 bits per heavy atom. The van der Waals surface area contributed by atoms with E-state index >= 15 is 0 Å². The number of thioether (sulfide) groups is 1. The van der Waals surface area contributed by atoms with E-state index in [0.29, 0.717) is 28.8 Å². The first kappa shape index (κ1) is 23.4. The lowest BCUT2D eigenvalue weighted by Gasteiger charge is -2.17. The average Bonchev–Trinajstić information content (AvgIpc) is 3.53. The van der Waals surface area contributed by atoms with Gasteiger partial charge in [-0.3, -0.25) is 9.59 Å². The van der Waals surface area contributed by atoms with Crippen LogP contribution >= 0.6 is 23.4 Å². The van der Waals surface area contributed by atoms with E-state index < -0.39 is 17.9 Å². The number of rotatable bonds is 10. The predicted octanol–water partition coefficient (Wildman–Crippen LogP) is 4.37. The van der Waals surface area contributed by atoms with Crippen LogP contribution in [0.2, 0.25) is 5.02 Å². The van der Waals surface area contributed by atoms with E-state index in [1.807, 2.05) is 26.2 Å². The van der Waals surface area contributed by atoms with Gasteiger partial charge in [0.1, 0.15) is 6.04 Å². The van der Waals surface area contributed by atoms with Gasteiger partial charge in [0.2, 0.25) is 5.78 Å². The molecule has 8 heteroatoms. The Labute approximate surface area is 191 Å². The number of nitrogens with one attached hydrogen (secondary N) is 1. The van der Waals surface area contributed by atoms with Crippen LogP contribution < -0.4 is 5.32 Å². The van der Waals surface area contributed by atoms with Crippen molar-refractivity contribution in [1.29, 1.82) is 0 Å². The number of hydrogen-bond acceptors (Lipinski definition) is 5. The molecule has 1 N–H and O–H groups in total. The van der Waals surface area contributed by atoms with Crippen molar-refractivity contribution in [2.24, 2.45) is 0 Å². The number of aryl methyl sites for hydroxylation is 1. The average molecular weight is 463 g/mol. The van der Waals surface area contributed by atoms with Gasteiger partial charge in [-0.25, -0.2) is 4.79 Å². The molecule has 0 spiro atoms. The fraction of sp³-hybridized carbons (Fsp3) is 0.435. The van der Waals surface area contributed by atoms with E-state index in [0.717, 1.165) is 24.2 Å². The molecule has 166 valence electrons. The Kier molecular flexibility index (Phi) is 7.84. The normalized spacial score (nSPS) is 14.2. The molecule has 0 radical (unpaired) electrons. The fourth-order valence-corrected chi connectivity index (χ4v) is 4.33. The zero-order chi connectivity index (χ0) is 22.5. The van der Waals surface area contributed by atoms with Gasteiger partial charge in [0, 0.05) is 23.0 Å². The van der Waals surface area contributed by atoms with Crippen molar-refractivity contribution in [3.63, 3.8) is 0 Å². The topological polar surface area (TPSA) is 77.4 Å². The first-order valence-electron chi connectivity index (χ1n) is 10.3.